The Morgan fingerprint density at radius 2 is 2.29 bits per heavy atom. The molecule has 0 saturated heterocycles. The van der Waals surface area contributed by atoms with E-state index in [0.717, 1.165) is 17.8 Å². The van der Waals surface area contributed by atoms with Gasteiger partial charge in [0.1, 0.15) is 5.76 Å². The van der Waals surface area contributed by atoms with E-state index in [2.05, 4.69) is 11.4 Å². The average Bonchev–Trinajstić information content (AvgIpc) is 2.17. The van der Waals surface area contributed by atoms with Crippen molar-refractivity contribution in [2.45, 2.75) is 13.3 Å². The zero-order chi connectivity index (χ0) is 9.97. The Labute approximate surface area is 82.4 Å². The Morgan fingerprint density at radius 1 is 1.43 bits per heavy atom. The van der Waals surface area contributed by atoms with Gasteiger partial charge in [0.25, 0.3) is 0 Å². The van der Waals surface area contributed by atoms with Crippen LogP contribution in [0.25, 0.3) is 0 Å². The fraction of sp³-hybridized carbons (Fsp3) is 0.182. The molecule has 1 amide bonds. The van der Waals surface area contributed by atoms with Crippen molar-refractivity contribution in [2.24, 2.45) is 0 Å². The molecule has 1 N–H and O–H groups in total. The van der Waals surface area contributed by atoms with Gasteiger partial charge >= 0.3 is 0 Å². The van der Waals surface area contributed by atoms with Gasteiger partial charge in [-0.15, -0.1) is 0 Å². The zero-order valence-electron chi connectivity index (χ0n) is 7.91. The highest BCUT2D eigenvalue weighted by Gasteiger charge is 2.14. The van der Waals surface area contributed by atoms with E-state index < -0.39 is 0 Å². The summed E-state index contributed by atoms with van der Waals surface area (Å²) in [5.41, 5.74) is 1.14. The van der Waals surface area contributed by atoms with E-state index >= 15 is 0 Å². The second kappa shape index (κ2) is 3.54. The third-order valence-electron chi connectivity index (χ3n) is 1.99. The van der Waals surface area contributed by atoms with Gasteiger partial charge in [-0.1, -0.05) is 12.2 Å². The Balaban J connectivity index is 2.17. The highest BCUT2D eigenvalue weighted by molar-refractivity contribution is 5.74. The van der Waals surface area contributed by atoms with Crippen molar-refractivity contribution >= 4 is 5.91 Å². The van der Waals surface area contributed by atoms with Crippen molar-refractivity contribution in [3.8, 4) is 0 Å². The number of carbonyl (C=O) groups excluding carboxylic acids is 1. The number of nitrogens with one attached hydrogen (secondary N) is 1. The maximum absolute atomic E-state index is 10.8. The highest BCUT2D eigenvalue weighted by Crippen LogP contribution is 2.25. The summed E-state index contributed by atoms with van der Waals surface area (Å²) in [5, 5.41) is 2.61. The summed E-state index contributed by atoms with van der Waals surface area (Å²) in [6.07, 6.45) is 10.5. The molecule has 0 aromatic rings. The van der Waals surface area contributed by atoms with E-state index in [0.29, 0.717) is 5.88 Å². The summed E-state index contributed by atoms with van der Waals surface area (Å²) in [7, 11) is 0. The van der Waals surface area contributed by atoms with E-state index in [1.807, 2.05) is 18.2 Å². The molecule has 0 spiro atoms. The average molecular weight is 189 g/mol. The molecule has 0 bridgehead atoms. The van der Waals surface area contributed by atoms with Crippen molar-refractivity contribution in [1.82, 2.24) is 5.32 Å². The molecule has 0 atom stereocenters. The van der Waals surface area contributed by atoms with Gasteiger partial charge in [0, 0.05) is 6.92 Å². The smallest absolute Gasteiger partial charge is 0.223 e. The van der Waals surface area contributed by atoms with E-state index in [1.54, 1.807) is 6.08 Å². The van der Waals surface area contributed by atoms with E-state index in [9.17, 15) is 4.79 Å². The first-order chi connectivity index (χ1) is 6.75. The Morgan fingerprint density at radius 3 is 3.07 bits per heavy atom. The summed E-state index contributed by atoms with van der Waals surface area (Å²) < 4.78 is 5.47. The normalized spacial score (nSPS) is 18.5. The fourth-order valence-electron chi connectivity index (χ4n) is 1.38. The lowest BCUT2D eigenvalue weighted by Crippen LogP contribution is -2.22. The topological polar surface area (TPSA) is 38.3 Å². The number of carbonyl (C=O) groups is 1. The molecule has 1 aliphatic heterocycles. The Hall–Kier alpha value is -1.77. The van der Waals surface area contributed by atoms with Crippen LogP contribution in [0.5, 0.6) is 0 Å². The first-order valence-electron chi connectivity index (χ1n) is 4.49. The van der Waals surface area contributed by atoms with Gasteiger partial charge < -0.3 is 4.74 Å². The number of hydrogen-bond donors (Lipinski definition) is 1. The molecule has 0 fully saturated rings. The van der Waals surface area contributed by atoms with Gasteiger partial charge in [0.05, 0.1) is 0 Å². The molecule has 3 nitrogen and oxygen atoms in total. The number of fused-ring (bicyclic) bond motifs is 1. The molecule has 1 aliphatic carbocycles. The molecule has 2 rings (SSSR count). The SMILES string of the molecule is CC(=O)NC1=CC=C2CC=CC=C2O1. The molecule has 0 aromatic carbocycles. The van der Waals surface area contributed by atoms with Crippen LogP contribution in [0.4, 0.5) is 0 Å². The lowest BCUT2D eigenvalue weighted by Gasteiger charge is -2.20. The van der Waals surface area contributed by atoms with E-state index in [-0.39, 0.29) is 5.91 Å². The predicted octanol–water partition coefficient (Wildman–Crippen LogP) is 1.76. The molecule has 0 radical (unpaired) electrons. The second-order valence-electron chi connectivity index (χ2n) is 3.17. The largest absolute Gasteiger partial charge is 0.441 e. The van der Waals surface area contributed by atoms with E-state index in [1.165, 1.54) is 6.92 Å². The molecule has 2 aliphatic rings. The van der Waals surface area contributed by atoms with Crippen LogP contribution in [0.1, 0.15) is 13.3 Å². The van der Waals surface area contributed by atoms with Gasteiger partial charge in [-0.2, -0.15) is 0 Å². The molecular weight excluding hydrogens is 178 g/mol. The van der Waals surface area contributed by atoms with Crippen molar-refractivity contribution in [1.29, 1.82) is 0 Å². The van der Waals surface area contributed by atoms with Crippen LogP contribution in [0.3, 0.4) is 0 Å². The van der Waals surface area contributed by atoms with Crippen LogP contribution in [-0.2, 0) is 9.53 Å². The van der Waals surface area contributed by atoms with Gasteiger partial charge in [0.15, 0.2) is 5.88 Å². The van der Waals surface area contributed by atoms with Crippen molar-refractivity contribution in [3.05, 3.63) is 47.6 Å². The number of allylic oxidation sites excluding steroid dienone is 6. The maximum atomic E-state index is 10.8. The lowest BCUT2D eigenvalue weighted by atomic mass is 10.0. The molecular formula is C11H11NO2. The second-order valence-corrected chi connectivity index (χ2v) is 3.17. The molecule has 0 saturated carbocycles. The highest BCUT2D eigenvalue weighted by atomic mass is 16.5. The minimum atomic E-state index is -0.125. The summed E-state index contributed by atoms with van der Waals surface area (Å²) in [4.78, 5) is 10.8. The fourth-order valence-corrected chi connectivity index (χ4v) is 1.38. The predicted molar refractivity (Wildman–Crippen MR) is 52.9 cm³/mol. The van der Waals surface area contributed by atoms with Gasteiger partial charge in [-0.25, -0.2) is 0 Å². The zero-order valence-corrected chi connectivity index (χ0v) is 7.91. The molecule has 3 heteroatoms. The van der Waals surface area contributed by atoms with Crippen LogP contribution in [0, 0.1) is 0 Å². The van der Waals surface area contributed by atoms with E-state index in [4.69, 9.17) is 4.74 Å². The van der Waals surface area contributed by atoms with Gasteiger partial charge in [-0.3, -0.25) is 10.1 Å². The first-order valence-corrected chi connectivity index (χ1v) is 4.49. The molecule has 14 heavy (non-hydrogen) atoms. The molecule has 72 valence electrons. The van der Waals surface area contributed by atoms with Crippen molar-refractivity contribution in [3.63, 3.8) is 0 Å². The summed E-state index contributed by atoms with van der Waals surface area (Å²) >= 11 is 0. The number of rotatable bonds is 1. The van der Waals surface area contributed by atoms with Crippen LogP contribution < -0.4 is 5.32 Å². The summed E-state index contributed by atoms with van der Waals surface area (Å²) in [5.74, 6) is 1.18. The van der Waals surface area contributed by atoms with Crippen LogP contribution in [0.15, 0.2) is 47.6 Å². The third kappa shape index (κ3) is 1.76. The monoisotopic (exact) mass is 189 g/mol. The first kappa shape index (κ1) is 8.81. The van der Waals surface area contributed by atoms with Crippen molar-refractivity contribution in [2.75, 3.05) is 0 Å². The number of hydrogen-bond acceptors (Lipinski definition) is 2. The van der Waals surface area contributed by atoms with Gasteiger partial charge in [-0.05, 0) is 30.2 Å². The quantitative estimate of drug-likeness (QED) is 0.682. The maximum Gasteiger partial charge on any atom is 0.223 e. The minimum absolute atomic E-state index is 0.125. The van der Waals surface area contributed by atoms with Crippen LogP contribution >= 0.6 is 0 Å². The van der Waals surface area contributed by atoms with Crippen molar-refractivity contribution < 1.29 is 9.53 Å². The standard InChI is InChI=1S/C11H11NO2/c1-8(13)12-11-7-6-9-4-2-3-5-10(9)14-11/h2-3,5-7H,4H2,1H3,(H,12,13). The summed E-state index contributed by atoms with van der Waals surface area (Å²) in [6.45, 7) is 1.46. The Bertz CT molecular complexity index is 386. The van der Waals surface area contributed by atoms with Crippen LogP contribution in [-0.4, -0.2) is 5.91 Å². The van der Waals surface area contributed by atoms with Crippen LogP contribution in [0.2, 0.25) is 0 Å². The lowest BCUT2D eigenvalue weighted by molar-refractivity contribution is -0.118. The minimum Gasteiger partial charge on any atom is -0.441 e. The molecule has 1 heterocycles. The summed E-state index contributed by atoms with van der Waals surface area (Å²) in [6, 6.07) is 0. The molecule has 0 unspecified atom stereocenters. The third-order valence-corrected chi connectivity index (χ3v) is 1.99. The molecule has 0 aromatic heterocycles. The number of ether oxygens (including phenoxy) is 1. The Kier molecular flexibility index (Phi) is 2.23. The number of amides is 1. The van der Waals surface area contributed by atoms with Gasteiger partial charge in [0.2, 0.25) is 5.91 Å².